The van der Waals surface area contributed by atoms with E-state index in [2.05, 4.69) is 5.10 Å². The minimum atomic E-state index is -4.19. The Labute approximate surface area is 250 Å². The average Bonchev–Trinajstić information content (AvgIpc) is 3.40. The molecule has 42 heavy (non-hydrogen) atoms. The van der Waals surface area contributed by atoms with E-state index in [1.165, 1.54) is 46.8 Å². The van der Waals surface area contributed by atoms with Gasteiger partial charge in [-0.15, -0.1) is 0 Å². The van der Waals surface area contributed by atoms with Gasteiger partial charge in [0.2, 0.25) is 19.9 Å². The van der Waals surface area contributed by atoms with Crippen LogP contribution >= 0.6 is 11.6 Å². The monoisotopic (exact) mass is 622 g/mol. The third kappa shape index (κ3) is 6.04. The van der Waals surface area contributed by atoms with Crippen molar-refractivity contribution in [1.82, 2.24) is 14.1 Å². The van der Waals surface area contributed by atoms with Crippen LogP contribution in [0.1, 0.15) is 19.4 Å². The molecule has 1 fully saturated rings. The summed E-state index contributed by atoms with van der Waals surface area (Å²) in [6.45, 7) is 4.10. The molecule has 1 aliphatic rings. The number of benzene rings is 3. The van der Waals surface area contributed by atoms with Crippen LogP contribution in [0.15, 0.2) is 99.8 Å². The molecule has 0 amide bonds. The van der Waals surface area contributed by atoms with Gasteiger partial charge in [0.25, 0.3) is 0 Å². The van der Waals surface area contributed by atoms with Crippen LogP contribution < -0.4 is 0 Å². The highest BCUT2D eigenvalue weighted by atomic mass is 35.5. The van der Waals surface area contributed by atoms with E-state index in [1.807, 2.05) is 50.2 Å². The summed E-state index contributed by atoms with van der Waals surface area (Å²) in [5, 5.41) is 15.0. The van der Waals surface area contributed by atoms with E-state index in [1.54, 1.807) is 23.0 Å². The molecule has 2 unspecified atom stereocenters. The second-order valence-electron chi connectivity index (χ2n) is 9.90. The summed E-state index contributed by atoms with van der Waals surface area (Å²) in [6.07, 6.45) is 2.35. The Morgan fingerprint density at radius 3 is 2.26 bits per heavy atom. The van der Waals surface area contributed by atoms with Gasteiger partial charge < -0.3 is 4.74 Å². The molecule has 3 aromatic carbocycles. The van der Waals surface area contributed by atoms with Crippen molar-refractivity contribution in [2.75, 3.05) is 13.1 Å². The van der Waals surface area contributed by atoms with Crippen LogP contribution in [0, 0.1) is 11.3 Å². The Morgan fingerprint density at radius 2 is 1.62 bits per heavy atom. The summed E-state index contributed by atoms with van der Waals surface area (Å²) in [4.78, 5) is -0.516. The number of ether oxygens (including phenoxy) is 1. The number of hydrogen-bond acceptors (Lipinski definition) is 7. The van der Waals surface area contributed by atoms with Crippen LogP contribution in [0.25, 0.3) is 23.0 Å². The number of sulfone groups is 1. The van der Waals surface area contributed by atoms with Crippen molar-refractivity contribution >= 4 is 37.5 Å². The summed E-state index contributed by atoms with van der Waals surface area (Å²) in [5.41, 5.74) is 1.75. The van der Waals surface area contributed by atoms with Gasteiger partial charge in [-0.3, -0.25) is 0 Å². The van der Waals surface area contributed by atoms with Crippen molar-refractivity contribution in [1.29, 1.82) is 5.26 Å². The van der Waals surface area contributed by atoms with Crippen LogP contribution in [0.2, 0.25) is 5.02 Å². The Morgan fingerprint density at radius 1 is 0.952 bits per heavy atom. The summed E-state index contributed by atoms with van der Waals surface area (Å²) >= 11 is 5.93. The lowest BCUT2D eigenvalue weighted by Crippen LogP contribution is -2.48. The molecule has 0 bridgehead atoms. The number of sulfonamides is 1. The fraction of sp³-hybridized carbons (Fsp3) is 0.200. The van der Waals surface area contributed by atoms with Crippen LogP contribution in [0.5, 0.6) is 0 Å². The largest absolute Gasteiger partial charge is 0.373 e. The molecule has 1 saturated heterocycles. The summed E-state index contributed by atoms with van der Waals surface area (Å²) in [6, 6.07) is 22.8. The topological polar surface area (TPSA) is 122 Å². The van der Waals surface area contributed by atoms with E-state index >= 15 is 0 Å². The van der Waals surface area contributed by atoms with E-state index in [4.69, 9.17) is 16.3 Å². The first-order valence-corrected chi connectivity index (χ1v) is 16.3. The average molecular weight is 623 g/mol. The summed E-state index contributed by atoms with van der Waals surface area (Å²) in [7, 11) is -8.05. The first-order valence-electron chi connectivity index (χ1n) is 13.0. The molecule has 0 aliphatic carbocycles. The summed E-state index contributed by atoms with van der Waals surface area (Å²) in [5.74, 6) is 0. The van der Waals surface area contributed by atoms with Gasteiger partial charge in [-0.1, -0.05) is 41.9 Å². The van der Waals surface area contributed by atoms with E-state index < -0.39 is 24.8 Å². The van der Waals surface area contributed by atoms with Crippen molar-refractivity contribution in [2.24, 2.45) is 0 Å². The maximum absolute atomic E-state index is 13.6. The fourth-order valence-corrected chi connectivity index (χ4v) is 7.68. The van der Waals surface area contributed by atoms with E-state index in [-0.39, 0.29) is 35.1 Å². The predicted octanol–water partition coefficient (Wildman–Crippen LogP) is 5.33. The Kier molecular flexibility index (Phi) is 8.37. The highest BCUT2D eigenvalue weighted by Crippen LogP contribution is 2.31. The van der Waals surface area contributed by atoms with Crippen LogP contribution in [-0.4, -0.2) is 56.2 Å². The van der Waals surface area contributed by atoms with Crippen LogP contribution in [0.4, 0.5) is 0 Å². The summed E-state index contributed by atoms with van der Waals surface area (Å²) < 4.78 is 62.6. The third-order valence-electron chi connectivity index (χ3n) is 6.70. The number of nitriles is 1. The minimum Gasteiger partial charge on any atom is -0.373 e. The standard InChI is InChI=1S/C30H27ClN4O5S2/c1-21-18-34(19-22(2)40-21)42(38,39)28-10-6-7-23(15-28)30-24(20-35(33-30)26-8-4-3-5-9-26)16-29(17-32)41(36,37)27-13-11-25(31)12-14-27/h3-16,20-22H,18-19H2,1-2H3/b29-16-. The number of hydrogen-bond donors (Lipinski definition) is 0. The van der Waals surface area contributed by atoms with Gasteiger partial charge >= 0.3 is 0 Å². The molecule has 0 spiro atoms. The molecule has 9 nitrogen and oxygen atoms in total. The first kappa shape index (κ1) is 29.7. The molecule has 0 saturated carbocycles. The lowest BCUT2D eigenvalue weighted by molar-refractivity contribution is -0.0440. The van der Waals surface area contributed by atoms with Gasteiger partial charge in [-0.05, 0) is 68.5 Å². The molecule has 5 rings (SSSR count). The molecule has 2 atom stereocenters. The zero-order valence-electron chi connectivity index (χ0n) is 22.8. The van der Waals surface area contributed by atoms with Gasteiger partial charge in [0.15, 0.2) is 0 Å². The molecule has 4 aromatic rings. The number of halogens is 1. The zero-order valence-corrected chi connectivity index (χ0v) is 25.1. The number of aromatic nitrogens is 2. The molecule has 1 aromatic heterocycles. The molecule has 12 heteroatoms. The van der Waals surface area contributed by atoms with Gasteiger partial charge in [-0.2, -0.15) is 14.7 Å². The molecule has 2 heterocycles. The normalized spacial score (nSPS) is 18.5. The van der Waals surface area contributed by atoms with Crippen molar-refractivity contribution in [3.05, 3.63) is 101 Å². The number of nitrogens with zero attached hydrogens (tertiary/aromatic N) is 4. The number of rotatable bonds is 7. The third-order valence-corrected chi connectivity index (χ3v) is 10.5. The van der Waals surface area contributed by atoms with Gasteiger partial charge in [0.05, 0.1) is 27.7 Å². The van der Waals surface area contributed by atoms with Gasteiger partial charge in [0, 0.05) is 35.4 Å². The smallest absolute Gasteiger partial charge is 0.243 e. The maximum Gasteiger partial charge on any atom is 0.243 e. The fourth-order valence-electron chi connectivity index (χ4n) is 4.76. The van der Waals surface area contributed by atoms with Crippen LogP contribution in [-0.2, 0) is 24.6 Å². The number of allylic oxidation sites excluding steroid dienone is 1. The SMILES string of the molecule is CC1CN(S(=O)(=O)c2cccc(-c3nn(-c4ccccc4)cc3/C=C(/C#N)S(=O)(=O)c3ccc(Cl)cc3)c2)CC(C)O1. The molecular formula is C30H27ClN4O5S2. The molecule has 216 valence electrons. The minimum absolute atomic E-state index is 0.0692. The van der Waals surface area contributed by atoms with Crippen molar-refractivity contribution < 1.29 is 21.6 Å². The Bertz CT molecular complexity index is 1890. The van der Waals surface area contributed by atoms with E-state index in [0.29, 0.717) is 27.5 Å². The van der Waals surface area contributed by atoms with Crippen molar-refractivity contribution in [3.8, 4) is 23.0 Å². The Balaban J connectivity index is 1.63. The van der Waals surface area contributed by atoms with Crippen LogP contribution in [0.3, 0.4) is 0 Å². The van der Waals surface area contributed by atoms with Crippen molar-refractivity contribution in [3.63, 3.8) is 0 Å². The quantitative estimate of drug-likeness (QED) is 0.255. The number of morpholine rings is 1. The van der Waals surface area contributed by atoms with Gasteiger partial charge in [-0.25, -0.2) is 21.5 Å². The molecular weight excluding hydrogens is 596 g/mol. The lowest BCUT2D eigenvalue weighted by Gasteiger charge is -2.34. The highest BCUT2D eigenvalue weighted by Gasteiger charge is 2.32. The molecule has 0 radical (unpaired) electrons. The van der Waals surface area contributed by atoms with Gasteiger partial charge in [0.1, 0.15) is 16.7 Å². The first-order chi connectivity index (χ1) is 20.0. The van der Waals surface area contributed by atoms with E-state index in [0.717, 1.165) is 0 Å². The zero-order chi connectivity index (χ0) is 30.1. The highest BCUT2D eigenvalue weighted by molar-refractivity contribution is 7.95. The lowest BCUT2D eigenvalue weighted by atomic mass is 10.1. The van der Waals surface area contributed by atoms with E-state index in [9.17, 15) is 22.1 Å². The second-order valence-corrected chi connectivity index (χ2v) is 14.2. The predicted molar refractivity (Wildman–Crippen MR) is 160 cm³/mol. The second kappa shape index (κ2) is 11.8. The molecule has 0 N–H and O–H groups in total. The maximum atomic E-state index is 13.6. The number of para-hydroxylation sites is 1. The Hall–Kier alpha value is -3.79. The van der Waals surface area contributed by atoms with Crippen molar-refractivity contribution in [2.45, 2.75) is 35.8 Å². The molecule has 1 aliphatic heterocycles.